The van der Waals surface area contributed by atoms with Gasteiger partial charge in [-0.15, -0.1) is 0 Å². The second-order valence-electron chi connectivity index (χ2n) is 4.43. The largest absolute Gasteiger partial charge is 0.462 e. The number of rotatable bonds is 6. The maximum atomic E-state index is 12.2. The highest BCUT2D eigenvalue weighted by atomic mass is 35.6. The minimum Gasteiger partial charge on any atom is -0.462 e. The molecule has 0 bridgehead atoms. The molecule has 11 heteroatoms. The Kier molecular flexibility index (Phi) is 9.05. The van der Waals surface area contributed by atoms with Crippen molar-refractivity contribution in [2.45, 2.75) is 15.2 Å². The summed E-state index contributed by atoms with van der Waals surface area (Å²) < 4.78 is 2.63. The van der Waals surface area contributed by atoms with Crippen LogP contribution in [0.4, 0.5) is 0 Å². The monoisotopic (exact) mass is 473 g/mol. The summed E-state index contributed by atoms with van der Waals surface area (Å²) in [6.45, 7) is -0.226. The van der Waals surface area contributed by atoms with Gasteiger partial charge in [0.15, 0.2) is 0 Å². The van der Waals surface area contributed by atoms with Crippen LogP contribution in [0, 0.1) is 0 Å². The molecule has 0 aliphatic heterocycles. The first kappa shape index (κ1) is 22.2. The Bertz CT molecular complexity index is 604. The molecule has 0 spiro atoms. The summed E-state index contributed by atoms with van der Waals surface area (Å²) in [4.78, 5) is 23.3. The Morgan fingerprint density at radius 1 is 1.17 bits per heavy atom. The van der Waals surface area contributed by atoms with Crippen molar-refractivity contribution >= 4 is 93.1 Å². The van der Waals surface area contributed by atoms with E-state index in [4.69, 9.17) is 85.9 Å². The standard InChI is InChI=1S/C13H10Cl7NO3/c14-8-2-1-7(9(15)5-8)6-21(12(23)13(18,19)20)3-4-24-11(22)10(16)17/h1-2,5,10H,3-4,6H2. The Hall–Kier alpha value is 0.190. The first-order valence-corrected chi connectivity index (χ1v) is 9.03. The molecule has 0 radical (unpaired) electrons. The lowest BCUT2D eigenvalue weighted by Crippen LogP contribution is -2.41. The summed E-state index contributed by atoms with van der Waals surface area (Å²) in [7, 11) is 0. The molecule has 0 aromatic heterocycles. The van der Waals surface area contributed by atoms with E-state index in [0.29, 0.717) is 15.6 Å². The first-order valence-electron chi connectivity index (χ1n) is 6.27. The van der Waals surface area contributed by atoms with Crippen molar-refractivity contribution in [2.24, 2.45) is 0 Å². The zero-order valence-corrected chi connectivity index (χ0v) is 17.0. The fourth-order valence-corrected chi connectivity index (χ4v) is 2.56. The van der Waals surface area contributed by atoms with Crippen molar-refractivity contribution in [1.29, 1.82) is 0 Å². The second kappa shape index (κ2) is 9.77. The van der Waals surface area contributed by atoms with Crippen molar-refractivity contribution in [3.05, 3.63) is 33.8 Å². The molecule has 134 valence electrons. The molecular weight excluding hydrogens is 466 g/mol. The van der Waals surface area contributed by atoms with Gasteiger partial charge < -0.3 is 9.64 Å². The third-order valence-electron chi connectivity index (χ3n) is 2.69. The number of ether oxygens (including phenoxy) is 1. The quantitative estimate of drug-likeness (QED) is 0.427. The summed E-state index contributed by atoms with van der Waals surface area (Å²) in [6, 6.07) is 4.75. The van der Waals surface area contributed by atoms with Crippen LogP contribution in [-0.2, 0) is 20.9 Å². The highest BCUT2D eigenvalue weighted by Gasteiger charge is 2.35. The van der Waals surface area contributed by atoms with E-state index >= 15 is 0 Å². The molecule has 1 amide bonds. The number of benzene rings is 1. The van der Waals surface area contributed by atoms with E-state index in [1.165, 1.54) is 11.0 Å². The Balaban J connectivity index is 2.85. The molecule has 0 N–H and O–H groups in total. The fourth-order valence-electron chi connectivity index (χ4n) is 1.61. The zero-order chi connectivity index (χ0) is 18.5. The zero-order valence-electron chi connectivity index (χ0n) is 11.7. The van der Waals surface area contributed by atoms with Crippen LogP contribution in [0.15, 0.2) is 18.2 Å². The average molecular weight is 476 g/mol. The number of hydrogen-bond acceptors (Lipinski definition) is 3. The van der Waals surface area contributed by atoms with Gasteiger partial charge in [-0.3, -0.25) is 4.79 Å². The topological polar surface area (TPSA) is 46.6 Å². The summed E-state index contributed by atoms with van der Waals surface area (Å²) in [5, 5.41) is 0.774. The summed E-state index contributed by atoms with van der Waals surface area (Å²) in [5.74, 6) is -1.65. The lowest BCUT2D eigenvalue weighted by Gasteiger charge is -2.26. The van der Waals surface area contributed by atoms with Crippen molar-refractivity contribution in [3.8, 4) is 0 Å². The number of nitrogens with zero attached hydrogens (tertiary/aromatic N) is 1. The van der Waals surface area contributed by atoms with Crippen LogP contribution in [0.3, 0.4) is 0 Å². The molecular formula is C13H10Cl7NO3. The van der Waals surface area contributed by atoms with Gasteiger partial charge >= 0.3 is 5.97 Å². The van der Waals surface area contributed by atoms with Gasteiger partial charge in [-0.05, 0) is 17.7 Å². The first-order chi connectivity index (χ1) is 11.0. The third-order valence-corrected chi connectivity index (χ3v) is 4.12. The van der Waals surface area contributed by atoms with E-state index in [1.54, 1.807) is 12.1 Å². The number of esters is 1. The van der Waals surface area contributed by atoms with Gasteiger partial charge in [-0.25, -0.2) is 4.79 Å². The molecule has 1 rings (SSSR count). The van der Waals surface area contributed by atoms with E-state index in [-0.39, 0.29) is 19.7 Å². The number of alkyl halides is 5. The van der Waals surface area contributed by atoms with Crippen LogP contribution >= 0.6 is 81.2 Å². The highest BCUT2D eigenvalue weighted by molar-refractivity contribution is 6.76. The maximum absolute atomic E-state index is 12.2. The summed E-state index contributed by atoms with van der Waals surface area (Å²) >= 11 is 39.5. The predicted molar refractivity (Wildman–Crippen MR) is 98.6 cm³/mol. The number of halogens is 7. The normalized spacial score (nSPS) is 11.5. The fraction of sp³-hybridized carbons (Fsp3) is 0.385. The molecule has 0 heterocycles. The van der Waals surface area contributed by atoms with Crippen molar-refractivity contribution in [1.82, 2.24) is 4.90 Å². The van der Waals surface area contributed by atoms with Crippen molar-refractivity contribution < 1.29 is 14.3 Å². The predicted octanol–water partition coefficient (Wildman–Crippen LogP) is 5.04. The number of hydrogen-bond donors (Lipinski definition) is 0. The minimum absolute atomic E-state index is 0.0193. The molecule has 0 fully saturated rings. The second-order valence-corrected chi connectivity index (χ2v) is 8.65. The smallest absolute Gasteiger partial charge is 0.339 e. The van der Waals surface area contributed by atoms with Crippen molar-refractivity contribution in [2.75, 3.05) is 13.2 Å². The molecule has 4 nitrogen and oxygen atoms in total. The van der Waals surface area contributed by atoms with Gasteiger partial charge in [0.05, 0.1) is 6.54 Å². The Morgan fingerprint density at radius 3 is 2.29 bits per heavy atom. The maximum Gasteiger partial charge on any atom is 0.339 e. The molecule has 0 atom stereocenters. The van der Waals surface area contributed by atoms with Gasteiger partial charge in [0, 0.05) is 16.6 Å². The number of carbonyl (C=O) groups is 2. The molecule has 0 saturated heterocycles. The van der Waals surface area contributed by atoms with Crippen LogP contribution in [0.25, 0.3) is 0 Å². The van der Waals surface area contributed by atoms with E-state index in [1.807, 2.05) is 0 Å². The van der Waals surface area contributed by atoms with E-state index in [2.05, 4.69) is 0 Å². The van der Waals surface area contributed by atoms with Crippen LogP contribution in [0.2, 0.25) is 10.0 Å². The molecule has 0 aliphatic carbocycles. The van der Waals surface area contributed by atoms with Crippen LogP contribution < -0.4 is 0 Å². The highest BCUT2D eigenvalue weighted by Crippen LogP contribution is 2.30. The van der Waals surface area contributed by atoms with E-state index in [0.717, 1.165) is 0 Å². The molecule has 0 saturated carbocycles. The van der Waals surface area contributed by atoms with E-state index in [9.17, 15) is 9.59 Å². The van der Waals surface area contributed by atoms with Gasteiger partial charge in [0.1, 0.15) is 6.61 Å². The lowest BCUT2D eigenvalue weighted by atomic mass is 10.2. The third kappa shape index (κ3) is 7.20. The minimum atomic E-state index is -2.18. The van der Waals surface area contributed by atoms with Crippen LogP contribution in [0.5, 0.6) is 0 Å². The molecule has 1 aromatic rings. The van der Waals surface area contributed by atoms with Crippen LogP contribution in [0.1, 0.15) is 5.56 Å². The SMILES string of the molecule is O=C(OCCN(Cc1ccc(Cl)cc1Cl)C(=O)C(Cl)(Cl)Cl)C(Cl)Cl. The van der Waals surface area contributed by atoms with Gasteiger partial charge in [0.25, 0.3) is 9.70 Å². The number of amides is 1. The van der Waals surface area contributed by atoms with E-state index < -0.39 is 20.5 Å². The Morgan fingerprint density at radius 2 is 1.79 bits per heavy atom. The van der Waals surface area contributed by atoms with Gasteiger partial charge in [-0.1, -0.05) is 87.3 Å². The molecule has 1 aromatic carbocycles. The van der Waals surface area contributed by atoms with Gasteiger partial charge in [0.2, 0.25) is 4.84 Å². The summed E-state index contributed by atoms with van der Waals surface area (Å²) in [6.07, 6.45) is 0. The summed E-state index contributed by atoms with van der Waals surface area (Å²) in [5.41, 5.74) is 0.572. The van der Waals surface area contributed by atoms with Crippen LogP contribution in [-0.4, -0.2) is 38.6 Å². The molecule has 24 heavy (non-hydrogen) atoms. The molecule has 0 unspecified atom stereocenters. The average Bonchev–Trinajstić information content (AvgIpc) is 2.46. The van der Waals surface area contributed by atoms with Gasteiger partial charge in [-0.2, -0.15) is 0 Å². The number of carbonyl (C=O) groups excluding carboxylic acids is 2. The lowest BCUT2D eigenvalue weighted by molar-refractivity contribution is -0.144. The Labute approximate surface area is 173 Å². The van der Waals surface area contributed by atoms with Crippen molar-refractivity contribution in [3.63, 3.8) is 0 Å². The molecule has 0 aliphatic rings.